The van der Waals surface area contributed by atoms with Crippen LogP contribution in [0.25, 0.3) is 0 Å². The molecular formula is C17H24ClFN2O. The fourth-order valence-electron chi connectivity index (χ4n) is 3.78. The van der Waals surface area contributed by atoms with E-state index < -0.39 is 0 Å². The average molecular weight is 327 g/mol. The average Bonchev–Trinajstić information content (AvgIpc) is 2.78. The summed E-state index contributed by atoms with van der Waals surface area (Å²) in [5.74, 6) is 0.449. The van der Waals surface area contributed by atoms with Gasteiger partial charge in [-0.05, 0) is 36.5 Å². The van der Waals surface area contributed by atoms with Gasteiger partial charge in [0.05, 0.1) is 6.61 Å². The topological polar surface area (TPSA) is 15.7 Å². The van der Waals surface area contributed by atoms with Gasteiger partial charge in [-0.15, -0.1) is 0 Å². The van der Waals surface area contributed by atoms with Gasteiger partial charge in [-0.1, -0.05) is 17.7 Å². The summed E-state index contributed by atoms with van der Waals surface area (Å²) in [6, 6.07) is 5.33. The maximum atomic E-state index is 13.2. The minimum atomic E-state index is -0.268. The van der Waals surface area contributed by atoms with Gasteiger partial charge in [0.2, 0.25) is 0 Å². The molecule has 0 unspecified atom stereocenters. The molecule has 0 N–H and O–H groups in total. The number of ether oxygens (including phenoxy) is 1. The van der Waals surface area contributed by atoms with Crippen molar-refractivity contribution in [2.24, 2.45) is 5.92 Å². The van der Waals surface area contributed by atoms with E-state index in [2.05, 4.69) is 9.80 Å². The van der Waals surface area contributed by atoms with Gasteiger partial charge in [0, 0.05) is 50.9 Å². The number of fused-ring (bicyclic) bond motifs is 4. The predicted molar refractivity (Wildman–Crippen MR) is 86.6 cm³/mol. The number of benzene rings is 1. The van der Waals surface area contributed by atoms with Gasteiger partial charge in [-0.25, -0.2) is 4.39 Å². The molecule has 0 aromatic heterocycles. The molecule has 3 aliphatic heterocycles. The Bertz CT molecular complexity index is 513. The quantitative estimate of drug-likeness (QED) is 0.827. The molecule has 122 valence electrons. The van der Waals surface area contributed by atoms with Crippen LogP contribution in [0.1, 0.15) is 18.4 Å². The van der Waals surface area contributed by atoms with Crippen LogP contribution < -0.4 is 0 Å². The zero-order valence-electron chi connectivity index (χ0n) is 13.1. The van der Waals surface area contributed by atoms with Gasteiger partial charge >= 0.3 is 0 Å². The van der Waals surface area contributed by atoms with Gasteiger partial charge in [-0.2, -0.15) is 0 Å². The second-order valence-corrected chi connectivity index (χ2v) is 6.92. The third-order valence-electron chi connectivity index (χ3n) is 4.89. The van der Waals surface area contributed by atoms with Gasteiger partial charge in [0.1, 0.15) is 5.82 Å². The van der Waals surface area contributed by atoms with Crippen molar-refractivity contribution in [1.82, 2.24) is 9.80 Å². The molecule has 3 saturated heterocycles. The second kappa shape index (κ2) is 7.26. The Balaban J connectivity index is 1.66. The van der Waals surface area contributed by atoms with Crippen molar-refractivity contribution < 1.29 is 9.13 Å². The monoisotopic (exact) mass is 326 g/mol. The van der Waals surface area contributed by atoms with Crippen molar-refractivity contribution in [2.75, 3.05) is 39.9 Å². The summed E-state index contributed by atoms with van der Waals surface area (Å²) in [6.07, 6.45) is 2.57. The molecule has 3 heterocycles. The fraction of sp³-hybridized carbons (Fsp3) is 0.647. The number of piperidine rings is 1. The Morgan fingerprint density at radius 2 is 2.14 bits per heavy atom. The molecule has 0 spiro atoms. The molecular weight excluding hydrogens is 303 g/mol. The Labute approximate surface area is 137 Å². The van der Waals surface area contributed by atoms with E-state index in [1.807, 2.05) is 6.07 Å². The van der Waals surface area contributed by atoms with Crippen LogP contribution in [0, 0.1) is 11.7 Å². The van der Waals surface area contributed by atoms with Crippen molar-refractivity contribution in [3.63, 3.8) is 0 Å². The van der Waals surface area contributed by atoms with Crippen LogP contribution in [0.15, 0.2) is 18.2 Å². The molecule has 2 atom stereocenters. The smallest absolute Gasteiger partial charge is 0.124 e. The summed E-state index contributed by atoms with van der Waals surface area (Å²) in [4.78, 5) is 5.05. The number of halogens is 2. The van der Waals surface area contributed by atoms with Gasteiger partial charge in [0.15, 0.2) is 0 Å². The normalized spacial score (nSPS) is 26.3. The zero-order chi connectivity index (χ0) is 15.5. The first-order valence-corrected chi connectivity index (χ1v) is 8.43. The van der Waals surface area contributed by atoms with Gasteiger partial charge in [-0.3, -0.25) is 9.80 Å². The highest BCUT2D eigenvalue weighted by molar-refractivity contribution is 6.31. The van der Waals surface area contributed by atoms with Crippen molar-refractivity contribution >= 4 is 11.6 Å². The molecule has 0 aliphatic carbocycles. The first-order chi connectivity index (χ1) is 10.7. The SMILES string of the molecule is COCCN1C[C@H]2CC[C@@H]1CN(Cc1ccc(F)cc1Cl)C2. The number of hydrogen-bond donors (Lipinski definition) is 0. The molecule has 4 rings (SSSR count). The third kappa shape index (κ3) is 3.80. The highest BCUT2D eigenvalue weighted by atomic mass is 35.5. The van der Waals surface area contributed by atoms with Crippen LogP contribution in [-0.4, -0.2) is 55.7 Å². The molecule has 0 saturated carbocycles. The standard InChI is InChI=1S/C17H24ClFN2O/c1-22-7-6-21-10-13-2-5-16(21)12-20(9-13)11-14-3-4-15(19)8-17(14)18/h3-4,8,13,16H,2,5-7,9-12H2,1H3/t13-,16+/m0/s1. The van der Waals surface area contributed by atoms with Crippen LogP contribution in [0.5, 0.6) is 0 Å². The first kappa shape index (κ1) is 16.2. The number of rotatable bonds is 5. The summed E-state index contributed by atoms with van der Waals surface area (Å²) < 4.78 is 18.4. The van der Waals surface area contributed by atoms with Crippen molar-refractivity contribution in [1.29, 1.82) is 0 Å². The van der Waals surface area contributed by atoms with Gasteiger partial charge in [0.25, 0.3) is 0 Å². The lowest BCUT2D eigenvalue weighted by Gasteiger charge is -2.35. The number of methoxy groups -OCH3 is 1. The summed E-state index contributed by atoms with van der Waals surface area (Å²) in [6.45, 7) is 5.96. The summed E-state index contributed by atoms with van der Waals surface area (Å²) in [5.41, 5.74) is 1.02. The van der Waals surface area contributed by atoms with E-state index in [9.17, 15) is 4.39 Å². The molecule has 1 aromatic carbocycles. The molecule has 2 bridgehead atoms. The lowest BCUT2D eigenvalue weighted by Crippen LogP contribution is -2.45. The van der Waals surface area contributed by atoms with Crippen LogP contribution in [0.3, 0.4) is 0 Å². The van der Waals surface area contributed by atoms with E-state index in [1.54, 1.807) is 7.11 Å². The minimum Gasteiger partial charge on any atom is -0.383 e. The predicted octanol–water partition coefficient (Wildman–Crippen LogP) is 3.02. The maximum Gasteiger partial charge on any atom is 0.124 e. The molecule has 3 fully saturated rings. The summed E-state index contributed by atoms with van der Waals surface area (Å²) >= 11 is 6.18. The Morgan fingerprint density at radius 1 is 1.27 bits per heavy atom. The van der Waals surface area contributed by atoms with E-state index in [1.165, 1.54) is 31.5 Å². The summed E-state index contributed by atoms with van der Waals surface area (Å²) in [7, 11) is 1.76. The Kier molecular flexibility index (Phi) is 5.34. The van der Waals surface area contributed by atoms with Crippen LogP contribution in [-0.2, 0) is 11.3 Å². The fourth-order valence-corrected chi connectivity index (χ4v) is 4.01. The Hall–Kier alpha value is -0.680. The molecule has 1 aromatic rings. The molecule has 22 heavy (non-hydrogen) atoms. The molecule has 0 amide bonds. The third-order valence-corrected chi connectivity index (χ3v) is 5.25. The number of nitrogens with zero attached hydrogens (tertiary/aromatic N) is 2. The molecule has 5 heteroatoms. The minimum absolute atomic E-state index is 0.268. The Morgan fingerprint density at radius 3 is 2.91 bits per heavy atom. The second-order valence-electron chi connectivity index (χ2n) is 6.51. The lowest BCUT2D eigenvalue weighted by molar-refractivity contribution is 0.0867. The molecule has 0 radical (unpaired) electrons. The van der Waals surface area contributed by atoms with Crippen LogP contribution >= 0.6 is 11.6 Å². The highest BCUT2D eigenvalue weighted by Gasteiger charge is 2.34. The molecule has 3 aliphatic rings. The van der Waals surface area contributed by atoms with E-state index >= 15 is 0 Å². The highest BCUT2D eigenvalue weighted by Crippen LogP contribution is 2.29. The van der Waals surface area contributed by atoms with E-state index in [-0.39, 0.29) is 5.82 Å². The lowest BCUT2D eigenvalue weighted by atomic mass is 9.95. The largest absolute Gasteiger partial charge is 0.383 e. The van der Waals surface area contributed by atoms with Gasteiger partial charge < -0.3 is 4.74 Å². The van der Waals surface area contributed by atoms with Crippen molar-refractivity contribution in [2.45, 2.75) is 25.4 Å². The van der Waals surface area contributed by atoms with E-state index in [4.69, 9.17) is 16.3 Å². The van der Waals surface area contributed by atoms with Crippen molar-refractivity contribution in [3.8, 4) is 0 Å². The summed E-state index contributed by atoms with van der Waals surface area (Å²) in [5, 5.41) is 0.535. The molecule has 3 nitrogen and oxygen atoms in total. The zero-order valence-corrected chi connectivity index (χ0v) is 13.9. The van der Waals surface area contributed by atoms with Crippen molar-refractivity contribution in [3.05, 3.63) is 34.6 Å². The number of hydrogen-bond acceptors (Lipinski definition) is 3. The van der Waals surface area contributed by atoms with Crippen LogP contribution in [0.2, 0.25) is 5.02 Å². The van der Waals surface area contributed by atoms with E-state index in [0.717, 1.165) is 44.3 Å². The van der Waals surface area contributed by atoms with Crippen LogP contribution in [0.4, 0.5) is 4.39 Å². The maximum absolute atomic E-state index is 13.2. The first-order valence-electron chi connectivity index (χ1n) is 8.05. The van der Waals surface area contributed by atoms with E-state index in [0.29, 0.717) is 11.1 Å².